The third kappa shape index (κ3) is 3.55. The first kappa shape index (κ1) is 17.5. The number of hydrogen-bond donors (Lipinski definition) is 1. The molecule has 1 atom stereocenters. The van der Waals surface area contributed by atoms with Crippen molar-refractivity contribution in [2.24, 2.45) is 0 Å². The van der Waals surface area contributed by atoms with Crippen LogP contribution in [0.1, 0.15) is 22.0 Å². The van der Waals surface area contributed by atoms with Crippen molar-refractivity contribution in [3.05, 3.63) is 59.9 Å². The fourth-order valence-electron chi connectivity index (χ4n) is 2.87. The van der Waals surface area contributed by atoms with E-state index in [1.807, 2.05) is 6.07 Å². The molecular formula is C17H19N3O4S. The first-order chi connectivity index (χ1) is 12.0. The normalized spacial score (nSPS) is 18.7. The first-order valence-corrected chi connectivity index (χ1v) is 9.29. The van der Waals surface area contributed by atoms with Gasteiger partial charge in [0.15, 0.2) is 0 Å². The third-order valence-corrected chi connectivity index (χ3v) is 6.03. The number of piperazine rings is 1. The molecule has 1 unspecified atom stereocenters. The molecule has 3 rings (SSSR count). The summed E-state index contributed by atoms with van der Waals surface area (Å²) >= 11 is 0. The van der Waals surface area contributed by atoms with Crippen molar-refractivity contribution in [2.75, 3.05) is 26.7 Å². The summed E-state index contributed by atoms with van der Waals surface area (Å²) in [5.74, 6) is -0.568. The smallest absolute Gasteiger partial charge is 0.337 e. The molecule has 25 heavy (non-hydrogen) atoms. The Morgan fingerprint density at radius 3 is 2.88 bits per heavy atom. The van der Waals surface area contributed by atoms with Crippen molar-refractivity contribution >= 4 is 16.0 Å². The lowest BCUT2D eigenvalue weighted by Gasteiger charge is -2.35. The molecule has 8 heteroatoms. The maximum Gasteiger partial charge on any atom is 0.337 e. The van der Waals surface area contributed by atoms with E-state index in [9.17, 15) is 13.2 Å². The molecule has 0 aliphatic carbocycles. The Kier molecular flexibility index (Phi) is 5.12. The van der Waals surface area contributed by atoms with Gasteiger partial charge in [-0.25, -0.2) is 13.2 Å². The average molecular weight is 361 g/mol. The highest BCUT2D eigenvalue weighted by Gasteiger charge is 2.34. The minimum Gasteiger partial charge on any atom is -0.465 e. The van der Waals surface area contributed by atoms with Crippen molar-refractivity contribution < 1.29 is 17.9 Å². The van der Waals surface area contributed by atoms with Crippen LogP contribution in [0.25, 0.3) is 0 Å². The highest BCUT2D eigenvalue weighted by molar-refractivity contribution is 7.89. The standard InChI is InChI=1S/C17H19N3O4S/c1-24-17(21)13-4-2-6-15(10-13)25(22,23)20-9-8-19-12-16(20)14-5-3-7-18-11-14/h2-7,10-11,16,19H,8-9,12H2,1H3. The van der Waals surface area contributed by atoms with Crippen LogP contribution < -0.4 is 5.32 Å². The highest BCUT2D eigenvalue weighted by Crippen LogP contribution is 2.28. The van der Waals surface area contributed by atoms with Gasteiger partial charge >= 0.3 is 5.97 Å². The summed E-state index contributed by atoms with van der Waals surface area (Å²) in [5.41, 5.74) is 1.03. The average Bonchev–Trinajstić information content (AvgIpc) is 2.68. The molecule has 7 nitrogen and oxygen atoms in total. The van der Waals surface area contributed by atoms with Gasteiger partial charge in [-0.3, -0.25) is 4.98 Å². The number of methoxy groups -OCH3 is 1. The van der Waals surface area contributed by atoms with Gasteiger partial charge in [0.05, 0.1) is 23.6 Å². The fourth-order valence-corrected chi connectivity index (χ4v) is 4.53. The minimum absolute atomic E-state index is 0.0752. The molecule has 1 saturated heterocycles. The van der Waals surface area contributed by atoms with Gasteiger partial charge in [0.2, 0.25) is 10.0 Å². The Hall–Kier alpha value is -2.29. The molecule has 0 bridgehead atoms. The molecule has 0 radical (unpaired) electrons. The van der Waals surface area contributed by atoms with Crippen LogP contribution in [0.5, 0.6) is 0 Å². The molecule has 132 valence electrons. The summed E-state index contributed by atoms with van der Waals surface area (Å²) in [6, 6.07) is 9.20. The molecule has 0 spiro atoms. The quantitative estimate of drug-likeness (QED) is 0.824. The number of carbonyl (C=O) groups excluding carboxylic acids is 1. The van der Waals surface area contributed by atoms with Gasteiger partial charge in [0.1, 0.15) is 0 Å². The molecule has 1 aromatic heterocycles. The Bertz CT molecular complexity index is 855. The number of ether oxygens (including phenoxy) is 1. The van der Waals surface area contributed by atoms with Gasteiger partial charge in [-0.2, -0.15) is 4.31 Å². The van der Waals surface area contributed by atoms with Gasteiger partial charge in [0, 0.05) is 32.0 Å². The van der Waals surface area contributed by atoms with Crippen LogP contribution in [0.4, 0.5) is 0 Å². The van der Waals surface area contributed by atoms with Gasteiger partial charge in [-0.05, 0) is 29.8 Å². The lowest BCUT2D eigenvalue weighted by Crippen LogP contribution is -2.48. The van der Waals surface area contributed by atoms with Gasteiger partial charge in [-0.15, -0.1) is 0 Å². The molecular weight excluding hydrogens is 342 g/mol. The second-order valence-corrected chi connectivity index (χ2v) is 7.53. The van der Waals surface area contributed by atoms with E-state index in [1.165, 1.54) is 29.6 Å². The molecule has 1 aliphatic rings. The van der Waals surface area contributed by atoms with E-state index < -0.39 is 16.0 Å². The summed E-state index contributed by atoms with van der Waals surface area (Å²) in [5, 5.41) is 3.22. The first-order valence-electron chi connectivity index (χ1n) is 7.85. The van der Waals surface area contributed by atoms with Crippen molar-refractivity contribution in [2.45, 2.75) is 10.9 Å². The molecule has 0 saturated carbocycles. The number of nitrogens with zero attached hydrogens (tertiary/aromatic N) is 2. The zero-order valence-electron chi connectivity index (χ0n) is 13.8. The topological polar surface area (TPSA) is 88.6 Å². The van der Waals surface area contributed by atoms with E-state index in [0.717, 1.165) is 5.56 Å². The number of rotatable bonds is 4. The lowest BCUT2D eigenvalue weighted by molar-refractivity contribution is 0.0600. The lowest BCUT2D eigenvalue weighted by atomic mass is 10.1. The zero-order valence-corrected chi connectivity index (χ0v) is 14.6. The van der Waals surface area contributed by atoms with Crippen molar-refractivity contribution in [1.82, 2.24) is 14.6 Å². The SMILES string of the molecule is COC(=O)c1cccc(S(=O)(=O)N2CCNCC2c2cccnc2)c1. The van der Waals surface area contributed by atoms with Gasteiger partial charge in [0.25, 0.3) is 0 Å². The van der Waals surface area contributed by atoms with Crippen molar-refractivity contribution in [1.29, 1.82) is 0 Å². The maximum absolute atomic E-state index is 13.2. The summed E-state index contributed by atoms with van der Waals surface area (Å²) in [6.45, 7) is 1.40. The number of pyridine rings is 1. The van der Waals surface area contributed by atoms with E-state index in [0.29, 0.717) is 19.6 Å². The number of benzene rings is 1. The van der Waals surface area contributed by atoms with Crippen LogP contribution >= 0.6 is 0 Å². The number of nitrogens with one attached hydrogen (secondary N) is 1. The molecule has 1 fully saturated rings. The number of carbonyl (C=O) groups is 1. The van der Waals surface area contributed by atoms with E-state index in [1.54, 1.807) is 24.5 Å². The molecule has 1 N–H and O–H groups in total. The molecule has 1 aliphatic heterocycles. The van der Waals surface area contributed by atoms with E-state index in [-0.39, 0.29) is 16.5 Å². The molecule has 2 heterocycles. The van der Waals surface area contributed by atoms with Crippen LogP contribution in [0, 0.1) is 0 Å². The van der Waals surface area contributed by atoms with Crippen LogP contribution in [0.15, 0.2) is 53.7 Å². The largest absolute Gasteiger partial charge is 0.465 e. The number of esters is 1. The molecule has 2 aromatic rings. The Morgan fingerprint density at radius 2 is 2.16 bits per heavy atom. The van der Waals surface area contributed by atoms with Crippen LogP contribution in [-0.2, 0) is 14.8 Å². The number of sulfonamides is 1. The number of hydrogen-bond acceptors (Lipinski definition) is 6. The van der Waals surface area contributed by atoms with E-state index in [4.69, 9.17) is 0 Å². The molecule has 0 amide bonds. The second-order valence-electron chi connectivity index (χ2n) is 5.64. The fraction of sp³-hybridized carbons (Fsp3) is 0.294. The molecule has 1 aromatic carbocycles. The van der Waals surface area contributed by atoms with Crippen LogP contribution in [0.2, 0.25) is 0 Å². The summed E-state index contributed by atoms with van der Waals surface area (Å²) in [6.07, 6.45) is 3.32. The summed E-state index contributed by atoms with van der Waals surface area (Å²) < 4.78 is 32.4. The van der Waals surface area contributed by atoms with Crippen LogP contribution in [0.3, 0.4) is 0 Å². The zero-order chi connectivity index (χ0) is 17.9. The summed E-state index contributed by atoms with van der Waals surface area (Å²) in [7, 11) is -2.50. The number of aromatic nitrogens is 1. The third-order valence-electron chi connectivity index (χ3n) is 4.13. The Morgan fingerprint density at radius 1 is 1.32 bits per heavy atom. The van der Waals surface area contributed by atoms with Crippen molar-refractivity contribution in [3.8, 4) is 0 Å². The van der Waals surface area contributed by atoms with Crippen LogP contribution in [-0.4, -0.2) is 50.4 Å². The summed E-state index contributed by atoms with van der Waals surface area (Å²) in [4.78, 5) is 15.9. The minimum atomic E-state index is -3.77. The van der Waals surface area contributed by atoms with Gasteiger partial charge < -0.3 is 10.1 Å². The Balaban J connectivity index is 1.99. The second kappa shape index (κ2) is 7.30. The monoisotopic (exact) mass is 361 g/mol. The van der Waals surface area contributed by atoms with Crippen molar-refractivity contribution in [3.63, 3.8) is 0 Å². The van der Waals surface area contributed by atoms with E-state index in [2.05, 4.69) is 15.0 Å². The Labute approximate surface area is 146 Å². The maximum atomic E-state index is 13.2. The van der Waals surface area contributed by atoms with Gasteiger partial charge in [-0.1, -0.05) is 12.1 Å². The highest BCUT2D eigenvalue weighted by atomic mass is 32.2. The predicted molar refractivity (Wildman–Crippen MR) is 91.5 cm³/mol. The predicted octanol–water partition coefficient (Wildman–Crippen LogP) is 1.20. The van der Waals surface area contributed by atoms with E-state index >= 15 is 0 Å².